The van der Waals surface area contributed by atoms with Crippen molar-refractivity contribution in [1.82, 2.24) is 10.7 Å². The summed E-state index contributed by atoms with van der Waals surface area (Å²) in [4.78, 5) is 22.9. The first kappa shape index (κ1) is 17.8. The zero-order valence-corrected chi connectivity index (χ0v) is 13.3. The van der Waals surface area contributed by atoms with Gasteiger partial charge in [0.05, 0.1) is 12.8 Å². The molecule has 6 heteroatoms. The maximum absolute atomic E-state index is 11.5. The van der Waals surface area contributed by atoms with Gasteiger partial charge in [-0.3, -0.25) is 9.59 Å². The van der Waals surface area contributed by atoms with Gasteiger partial charge in [0.2, 0.25) is 11.8 Å². The number of nitrogens with zero attached hydrogens (tertiary/aromatic N) is 1. The number of benzene rings is 1. The molecule has 0 fully saturated rings. The molecule has 2 N–H and O–H groups in total. The van der Waals surface area contributed by atoms with E-state index in [1.54, 1.807) is 13.3 Å². The van der Waals surface area contributed by atoms with Gasteiger partial charge in [-0.05, 0) is 17.0 Å². The second kappa shape index (κ2) is 9.68. The molecule has 0 radical (unpaired) electrons. The number of hydrogen-bond donors (Lipinski definition) is 2. The van der Waals surface area contributed by atoms with E-state index < -0.39 is 5.91 Å². The van der Waals surface area contributed by atoms with Gasteiger partial charge in [-0.25, -0.2) is 5.43 Å². The van der Waals surface area contributed by atoms with Crippen LogP contribution >= 0.6 is 0 Å². The van der Waals surface area contributed by atoms with Crippen LogP contribution in [0.25, 0.3) is 0 Å². The second-order valence-electron chi connectivity index (χ2n) is 5.13. The van der Waals surface area contributed by atoms with Gasteiger partial charge < -0.3 is 10.1 Å². The maximum atomic E-state index is 11.5. The lowest BCUT2D eigenvalue weighted by atomic mass is 10.0. The highest BCUT2D eigenvalue weighted by Crippen LogP contribution is 2.13. The normalized spacial score (nSPS) is 10.9. The number of hydrogen-bond acceptors (Lipinski definition) is 4. The Labute approximate surface area is 130 Å². The predicted molar refractivity (Wildman–Crippen MR) is 85.8 cm³/mol. The lowest BCUT2D eigenvalue weighted by molar-refractivity contribution is -0.129. The van der Waals surface area contributed by atoms with Crippen LogP contribution in [-0.2, 0) is 14.3 Å². The minimum Gasteiger partial charge on any atom is -0.383 e. The molecule has 0 aromatic heterocycles. The Morgan fingerprint density at radius 2 is 1.91 bits per heavy atom. The Morgan fingerprint density at radius 3 is 2.50 bits per heavy atom. The van der Waals surface area contributed by atoms with Crippen molar-refractivity contribution < 1.29 is 14.3 Å². The van der Waals surface area contributed by atoms with E-state index in [9.17, 15) is 9.59 Å². The largest absolute Gasteiger partial charge is 0.383 e. The molecule has 0 bridgehead atoms. The van der Waals surface area contributed by atoms with E-state index in [1.165, 1.54) is 5.56 Å². The van der Waals surface area contributed by atoms with Gasteiger partial charge in [-0.1, -0.05) is 38.1 Å². The molecule has 0 saturated carbocycles. The van der Waals surface area contributed by atoms with Crippen molar-refractivity contribution in [3.8, 4) is 0 Å². The van der Waals surface area contributed by atoms with Crippen molar-refractivity contribution in [3.05, 3.63) is 35.4 Å². The SMILES string of the molecule is COCCNC(=O)CC(=O)N/N=C/c1ccc(C(C)C)cc1. The number of carbonyl (C=O) groups is 2. The van der Waals surface area contributed by atoms with Crippen molar-refractivity contribution in [2.75, 3.05) is 20.3 Å². The molecule has 0 aliphatic rings. The van der Waals surface area contributed by atoms with E-state index in [4.69, 9.17) is 4.74 Å². The standard InChI is InChI=1S/C16H23N3O3/c1-12(2)14-6-4-13(5-7-14)11-18-19-16(21)10-15(20)17-8-9-22-3/h4-7,11-12H,8-10H2,1-3H3,(H,17,20)(H,19,21)/b18-11+. The van der Waals surface area contributed by atoms with Gasteiger partial charge in [-0.2, -0.15) is 5.10 Å². The van der Waals surface area contributed by atoms with E-state index in [0.717, 1.165) is 5.56 Å². The topological polar surface area (TPSA) is 79.8 Å². The molecule has 1 rings (SSSR count). The number of rotatable bonds is 8. The molecule has 2 amide bonds. The van der Waals surface area contributed by atoms with Crippen LogP contribution in [0.1, 0.15) is 37.3 Å². The number of hydrazone groups is 1. The summed E-state index contributed by atoms with van der Waals surface area (Å²) in [6.07, 6.45) is 1.29. The lowest BCUT2D eigenvalue weighted by Crippen LogP contribution is -2.31. The van der Waals surface area contributed by atoms with Crippen molar-refractivity contribution in [1.29, 1.82) is 0 Å². The summed E-state index contributed by atoms with van der Waals surface area (Å²) in [5.74, 6) is -0.335. The molecule has 0 heterocycles. The fourth-order valence-corrected chi connectivity index (χ4v) is 1.69. The quantitative estimate of drug-likeness (QED) is 0.330. The Bertz CT molecular complexity index is 510. The smallest absolute Gasteiger partial charge is 0.249 e. The van der Waals surface area contributed by atoms with Gasteiger partial charge in [0.25, 0.3) is 0 Å². The van der Waals surface area contributed by atoms with Crippen LogP contribution in [0.15, 0.2) is 29.4 Å². The number of amides is 2. The monoisotopic (exact) mass is 305 g/mol. The number of methoxy groups -OCH3 is 1. The van der Waals surface area contributed by atoms with Crippen LogP contribution in [0.4, 0.5) is 0 Å². The van der Waals surface area contributed by atoms with Crippen molar-refractivity contribution in [3.63, 3.8) is 0 Å². The summed E-state index contributed by atoms with van der Waals surface area (Å²) in [5, 5.41) is 6.40. The highest BCUT2D eigenvalue weighted by Gasteiger charge is 2.07. The third-order valence-electron chi connectivity index (χ3n) is 2.96. The van der Waals surface area contributed by atoms with Gasteiger partial charge in [0.15, 0.2) is 0 Å². The fraction of sp³-hybridized carbons (Fsp3) is 0.438. The number of carbonyl (C=O) groups excluding carboxylic acids is 2. The van der Waals surface area contributed by atoms with Crippen LogP contribution in [0, 0.1) is 0 Å². The first-order valence-electron chi connectivity index (χ1n) is 7.20. The minimum atomic E-state index is -0.454. The molecule has 1 aromatic carbocycles. The van der Waals surface area contributed by atoms with Gasteiger partial charge in [-0.15, -0.1) is 0 Å². The fourth-order valence-electron chi connectivity index (χ4n) is 1.69. The summed E-state index contributed by atoms with van der Waals surface area (Å²) in [6.45, 7) is 5.05. The summed E-state index contributed by atoms with van der Waals surface area (Å²) < 4.78 is 4.80. The Kier molecular flexibility index (Phi) is 7.85. The molecule has 0 unspecified atom stereocenters. The third-order valence-corrected chi connectivity index (χ3v) is 2.96. The first-order valence-corrected chi connectivity index (χ1v) is 7.20. The Hall–Kier alpha value is -2.21. The molecule has 120 valence electrons. The van der Waals surface area contributed by atoms with Crippen LogP contribution in [-0.4, -0.2) is 38.3 Å². The van der Waals surface area contributed by atoms with E-state index in [1.807, 2.05) is 24.3 Å². The van der Waals surface area contributed by atoms with Crippen LogP contribution < -0.4 is 10.7 Å². The molecule has 6 nitrogen and oxygen atoms in total. The van der Waals surface area contributed by atoms with Gasteiger partial charge in [0.1, 0.15) is 6.42 Å². The first-order chi connectivity index (χ1) is 10.5. The number of ether oxygens (including phenoxy) is 1. The zero-order chi connectivity index (χ0) is 16.4. The van der Waals surface area contributed by atoms with Crippen LogP contribution in [0.2, 0.25) is 0 Å². The van der Waals surface area contributed by atoms with E-state index >= 15 is 0 Å². The molecule has 0 spiro atoms. The molecular weight excluding hydrogens is 282 g/mol. The maximum Gasteiger partial charge on any atom is 0.249 e. The summed E-state index contributed by atoms with van der Waals surface area (Å²) >= 11 is 0. The molecular formula is C16H23N3O3. The number of nitrogens with one attached hydrogen (secondary N) is 2. The predicted octanol–water partition coefficient (Wildman–Crippen LogP) is 1.41. The molecule has 0 aliphatic carbocycles. The Balaban J connectivity index is 2.35. The van der Waals surface area contributed by atoms with Gasteiger partial charge >= 0.3 is 0 Å². The van der Waals surface area contributed by atoms with Gasteiger partial charge in [0, 0.05) is 13.7 Å². The highest BCUT2D eigenvalue weighted by molar-refractivity contribution is 5.97. The van der Waals surface area contributed by atoms with Crippen molar-refractivity contribution >= 4 is 18.0 Å². The van der Waals surface area contributed by atoms with Crippen LogP contribution in [0.3, 0.4) is 0 Å². The van der Waals surface area contributed by atoms with Crippen LogP contribution in [0.5, 0.6) is 0 Å². The van der Waals surface area contributed by atoms with Crippen molar-refractivity contribution in [2.24, 2.45) is 5.10 Å². The summed E-state index contributed by atoms with van der Waals surface area (Å²) in [5.41, 5.74) is 4.46. The molecule has 0 aliphatic heterocycles. The average Bonchev–Trinajstić information content (AvgIpc) is 2.48. The van der Waals surface area contributed by atoms with E-state index in [-0.39, 0.29) is 12.3 Å². The van der Waals surface area contributed by atoms with Crippen molar-refractivity contribution in [2.45, 2.75) is 26.2 Å². The summed E-state index contributed by atoms with van der Waals surface area (Å²) in [6, 6.07) is 7.92. The summed E-state index contributed by atoms with van der Waals surface area (Å²) in [7, 11) is 1.54. The lowest BCUT2D eigenvalue weighted by Gasteiger charge is -2.04. The van der Waals surface area contributed by atoms with E-state index in [0.29, 0.717) is 19.1 Å². The third kappa shape index (κ3) is 6.99. The highest BCUT2D eigenvalue weighted by atomic mass is 16.5. The molecule has 0 atom stereocenters. The minimum absolute atomic E-state index is 0.257. The Morgan fingerprint density at radius 1 is 1.23 bits per heavy atom. The molecule has 1 aromatic rings. The second-order valence-corrected chi connectivity index (χ2v) is 5.13. The zero-order valence-electron chi connectivity index (χ0n) is 13.3. The molecule has 0 saturated heterocycles. The van der Waals surface area contributed by atoms with E-state index in [2.05, 4.69) is 29.7 Å². The average molecular weight is 305 g/mol. The molecule has 22 heavy (non-hydrogen) atoms.